The Morgan fingerprint density at radius 1 is 0.743 bits per heavy atom. The Bertz CT molecular complexity index is 897. The highest BCUT2D eigenvalue weighted by Crippen LogP contribution is 2.77. The Kier molecular flexibility index (Phi) is 5.80. The zero-order valence-electron chi connectivity index (χ0n) is 23.1. The first kappa shape index (κ1) is 25.5. The van der Waals surface area contributed by atoms with Crippen LogP contribution in [0.15, 0.2) is 0 Å². The maximum absolute atomic E-state index is 13.3. The Labute approximate surface area is 212 Å². The van der Waals surface area contributed by atoms with E-state index in [1.807, 2.05) is 0 Å². The summed E-state index contributed by atoms with van der Waals surface area (Å²) >= 11 is 0. The number of hydrogen-bond acceptors (Lipinski definition) is 5. The van der Waals surface area contributed by atoms with Gasteiger partial charge >= 0.3 is 11.9 Å². The van der Waals surface area contributed by atoms with Gasteiger partial charge in [0.15, 0.2) is 0 Å². The lowest BCUT2D eigenvalue weighted by Gasteiger charge is -2.72. The van der Waals surface area contributed by atoms with Gasteiger partial charge in [-0.2, -0.15) is 0 Å². The van der Waals surface area contributed by atoms with Crippen LogP contribution in [0.1, 0.15) is 98.8 Å². The molecule has 0 aromatic rings. The smallest absolute Gasteiger partial charge is 0.312 e. The number of carbonyl (C=O) groups excluding carboxylic acids is 2. The van der Waals surface area contributed by atoms with Gasteiger partial charge in [-0.25, -0.2) is 0 Å². The molecule has 5 fully saturated rings. The average molecular weight is 489 g/mol. The van der Waals surface area contributed by atoms with Crippen molar-refractivity contribution in [3.63, 3.8) is 0 Å². The number of aliphatic hydroxyl groups excluding tert-OH is 1. The largest absolute Gasteiger partial charge is 0.469 e. The summed E-state index contributed by atoms with van der Waals surface area (Å²) < 4.78 is 10.7. The average Bonchev–Trinajstić information content (AvgIpc) is 3.22. The summed E-state index contributed by atoms with van der Waals surface area (Å²) in [6, 6.07) is 0. The van der Waals surface area contributed by atoms with Crippen molar-refractivity contribution >= 4 is 11.9 Å². The standard InChI is InChI=1S/C30H48O5/c1-26(2)20-11-14-29(5)21(27(20,3)13-12-22(26)31)9-8-19-23-18(24(32)34-6)10-15-30(23,25(33)35-7)17-16-28(19,29)4/h18-23,31H,8-17H2,1-7H3. The first-order valence-electron chi connectivity index (χ1n) is 14.2. The minimum Gasteiger partial charge on any atom is -0.469 e. The third-order valence-corrected chi connectivity index (χ3v) is 13.5. The SMILES string of the molecule is COC(=O)C1CCC2(C(=O)OC)CCC3(C)C(CCC4C5(C)CCC(O)C(C)(C)C5CCC43C)C12. The van der Waals surface area contributed by atoms with E-state index in [1.165, 1.54) is 20.6 Å². The molecule has 0 spiro atoms. The van der Waals surface area contributed by atoms with E-state index in [0.717, 1.165) is 57.8 Å². The number of ether oxygens (including phenoxy) is 2. The van der Waals surface area contributed by atoms with Gasteiger partial charge in [0.05, 0.1) is 31.7 Å². The Morgan fingerprint density at radius 2 is 1.46 bits per heavy atom. The molecule has 10 atom stereocenters. The minimum absolute atomic E-state index is 0.00840. The quantitative estimate of drug-likeness (QED) is 0.499. The fourth-order valence-corrected chi connectivity index (χ4v) is 11.6. The van der Waals surface area contributed by atoms with Crippen LogP contribution < -0.4 is 0 Å². The summed E-state index contributed by atoms with van der Waals surface area (Å²) in [5, 5.41) is 10.9. The topological polar surface area (TPSA) is 72.8 Å². The molecule has 0 amide bonds. The third-order valence-electron chi connectivity index (χ3n) is 13.5. The van der Waals surface area contributed by atoms with Crippen LogP contribution >= 0.6 is 0 Å². The Hall–Kier alpha value is -1.10. The fourth-order valence-electron chi connectivity index (χ4n) is 11.6. The summed E-state index contributed by atoms with van der Waals surface area (Å²) in [4.78, 5) is 26.3. The molecule has 0 heterocycles. The highest BCUT2D eigenvalue weighted by atomic mass is 16.5. The van der Waals surface area contributed by atoms with E-state index in [9.17, 15) is 14.7 Å². The van der Waals surface area contributed by atoms with Crippen LogP contribution in [0.4, 0.5) is 0 Å². The van der Waals surface area contributed by atoms with Crippen molar-refractivity contribution in [2.45, 2.75) is 105 Å². The second-order valence-corrected chi connectivity index (χ2v) is 14.4. The van der Waals surface area contributed by atoms with Gasteiger partial charge in [-0.1, -0.05) is 34.6 Å². The van der Waals surface area contributed by atoms with Crippen LogP contribution in [0.2, 0.25) is 0 Å². The molecule has 35 heavy (non-hydrogen) atoms. The predicted octanol–water partition coefficient (Wildman–Crippen LogP) is 5.77. The molecule has 0 bridgehead atoms. The maximum Gasteiger partial charge on any atom is 0.312 e. The number of hydrogen-bond donors (Lipinski definition) is 1. The van der Waals surface area contributed by atoms with E-state index in [2.05, 4.69) is 34.6 Å². The number of rotatable bonds is 2. The van der Waals surface area contributed by atoms with Crippen molar-refractivity contribution in [2.75, 3.05) is 14.2 Å². The van der Waals surface area contributed by atoms with Gasteiger partial charge in [0, 0.05) is 0 Å². The van der Waals surface area contributed by atoms with Gasteiger partial charge < -0.3 is 14.6 Å². The van der Waals surface area contributed by atoms with Crippen molar-refractivity contribution in [3.05, 3.63) is 0 Å². The van der Waals surface area contributed by atoms with Gasteiger partial charge in [0.25, 0.3) is 0 Å². The molecule has 0 radical (unpaired) electrons. The molecule has 0 aromatic carbocycles. The molecule has 5 heteroatoms. The van der Waals surface area contributed by atoms with Gasteiger partial charge in [-0.3, -0.25) is 9.59 Å². The molecule has 10 unspecified atom stereocenters. The number of esters is 2. The number of aliphatic hydroxyl groups is 1. The zero-order valence-corrected chi connectivity index (χ0v) is 23.1. The Morgan fingerprint density at radius 3 is 2.11 bits per heavy atom. The number of carbonyl (C=O) groups is 2. The lowest BCUT2D eigenvalue weighted by Crippen LogP contribution is -2.67. The van der Waals surface area contributed by atoms with Crippen molar-refractivity contribution in [1.82, 2.24) is 0 Å². The molecule has 5 rings (SSSR count). The van der Waals surface area contributed by atoms with E-state index >= 15 is 0 Å². The van der Waals surface area contributed by atoms with Crippen LogP contribution in [-0.2, 0) is 19.1 Å². The normalized spacial score (nSPS) is 52.3. The molecule has 198 valence electrons. The fraction of sp³-hybridized carbons (Fsp3) is 0.933. The van der Waals surface area contributed by atoms with Crippen molar-refractivity contribution < 1.29 is 24.2 Å². The first-order valence-corrected chi connectivity index (χ1v) is 14.2. The molecule has 5 saturated carbocycles. The predicted molar refractivity (Wildman–Crippen MR) is 134 cm³/mol. The van der Waals surface area contributed by atoms with Gasteiger partial charge in [-0.15, -0.1) is 0 Å². The van der Waals surface area contributed by atoms with Gasteiger partial charge in [0.2, 0.25) is 0 Å². The summed E-state index contributed by atoms with van der Waals surface area (Å²) in [7, 11) is 3.00. The summed E-state index contributed by atoms with van der Waals surface area (Å²) in [5.74, 6) is 1.01. The van der Waals surface area contributed by atoms with E-state index in [1.54, 1.807) is 0 Å². The summed E-state index contributed by atoms with van der Waals surface area (Å²) in [6.07, 6.45) is 9.63. The summed E-state index contributed by atoms with van der Waals surface area (Å²) in [5.41, 5.74) is -0.148. The second-order valence-electron chi connectivity index (χ2n) is 14.4. The Balaban J connectivity index is 1.56. The highest BCUT2D eigenvalue weighted by molar-refractivity contribution is 5.81. The molecule has 0 saturated heterocycles. The molecule has 5 aliphatic rings. The van der Waals surface area contributed by atoms with Crippen LogP contribution in [0.5, 0.6) is 0 Å². The molecule has 0 aliphatic heterocycles. The third kappa shape index (κ3) is 3.03. The number of fused-ring (bicyclic) bond motifs is 7. The van der Waals surface area contributed by atoms with Gasteiger partial charge in [0.1, 0.15) is 0 Å². The van der Waals surface area contributed by atoms with Gasteiger partial charge in [-0.05, 0) is 110 Å². The van der Waals surface area contributed by atoms with Crippen LogP contribution in [0.25, 0.3) is 0 Å². The molecule has 0 aromatic heterocycles. The van der Waals surface area contributed by atoms with Crippen molar-refractivity contribution in [2.24, 2.45) is 56.7 Å². The second kappa shape index (κ2) is 7.95. The zero-order chi connectivity index (χ0) is 25.6. The highest BCUT2D eigenvalue weighted by Gasteiger charge is 2.72. The van der Waals surface area contributed by atoms with E-state index in [4.69, 9.17) is 9.47 Å². The van der Waals surface area contributed by atoms with E-state index in [-0.39, 0.29) is 51.5 Å². The van der Waals surface area contributed by atoms with Crippen LogP contribution in [0.3, 0.4) is 0 Å². The number of methoxy groups -OCH3 is 2. The molecule has 5 aliphatic carbocycles. The van der Waals surface area contributed by atoms with Crippen LogP contribution in [-0.4, -0.2) is 37.4 Å². The monoisotopic (exact) mass is 488 g/mol. The lowest BCUT2D eigenvalue weighted by atomic mass is 9.32. The van der Waals surface area contributed by atoms with Crippen molar-refractivity contribution in [3.8, 4) is 0 Å². The van der Waals surface area contributed by atoms with E-state index in [0.29, 0.717) is 17.8 Å². The van der Waals surface area contributed by atoms with Crippen LogP contribution in [0, 0.1) is 56.7 Å². The molecular weight excluding hydrogens is 440 g/mol. The lowest BCUT2D eigenvalue weighted by molar-refractivity contribution is -0.249. The van der Waals surface area contributed by atoms with E-state index < -0.39 is 5.41 Å². The maximum atomic E-state index is 13.3. The minimum atomic E-state index is -0.543. The molecular formula is C30H48O5. The molecule has 5 nitrogen and oxygen atoms in total. The molecule has 1 N–H and O–H groups in total. The summed E-state index contributed by atoms with van der Waals surface area (Å²) in [6.45, 7) is 12.2. The van der Waals surface area contributed by atoms with Crippen molar-refractivity contribution in [1.29, 1.82) is 0 Å². The first-order chi connectivity index (χ1) is 16.3.